The molecule has 0 unspecified atom stereocenters. The smallest absolute Gasteiger partial charge is 0.233 e. The molecule has 0 heterocycles. The number of amides is 1. The zero-order valence-corrected chi connectivity index (χ0v) is 15.1. The van der Waals surface area contributed by atoms with Gasteiger partial charge in [0.15, 0.2) is 0 Å². The van der Waals surface area contributed by atoms with Crippen LogP contribution < -0.4 is 5.32 Å². The van der Waals surface area contributed by atoms with Gasteiger partial charge in [-0.05, 0) is 80.9 Å². The van der Waals surface area contributed by atoms with Gasteiger partial charge in [0, 0.05) is 11.3 Å². The van der Waals surface area contributed by atoms with Gasteiger partial charge in [-0.3, -0.25) is 4.79 Å². The molecule has 0 saturated heterocycles. The molecule has 1 atom stereocenters. The first-order valence-corrected chi connectivity index (χ1v) is 10.1. The number of carbonyl (C=O) groups excluding carboxylic acids is 1. The summed E-state index contributed by atoms with van der Waals surface area (Å²) in [6.07, 6.45) is 8.26. The maximum Gasteiger partial charge on any atom is 0.233 e. The minimum absolute atomic E-state index is 0.0123. The number of hydrogen-bond donors (Lipinski definition) is 1. The van der Waals surface area contributed by atoms with Crippen LogP contribution in [0.1, 0.15) is 51.0 Å². The standard InChI is InChI=1S/C20H26FNOS/c1-13(19(23)22-12-14-2-4-18(21)5-3-14)24-20-9-15-6-16(10-20)8-17(7-15)11-20/h2-5,13,15-17H,6-12H2,1H3,(H,22,23)/t13-,15?,16?,17?,20?/m0/s1. The summed E-state index contributed by atoms with van der Waals surface area (Å²) in [5, 5.41) is 3.01. The molecule has 0 spiro atoms. The molecule has 5 rings (SSSR count). The quantitative estimate of drug-likeness (QED) is 0.848. The first-order chi connectivity index (χ1) is 11.5. The summed E-state index contributed by atoms with van der Waals surface area (Å²) in [6.45, 7) is 2.52. The molecule has 1 aromatic carbocycles. The Morgan fingerprint density at radius 1 is 1.17 bits per heavy atom. The second-order valence-electron chi connectivity index (χ2n) is 8.20. The molecule has 1 amide bonds. The van der Waals surface area contributed by atoms with Crippen LogP contribution in [0.15, 0.2) is 24.3 Å². The normalized spacial score (nSPS) is 35.0. The maximum absolute atomic E-state index is 12.9. The Labute approximate surface area is 148 Å². The third-order valence-electron chi connectivity index (χ3n) is 6.16. The minimum Gasteiger partial charge on any atom is -0.351 e. The van der Waals surface area contributed by atoms with Gasteiger partial charge in [0.1, 0.15) is 5.82 Å². The maximum atomic E-state index is 12.9. The highest BCUT2D eigenvalue weighted by atomic mass is 32.2. The molecule has 0 radical (unpaired) electrons. The molecule has 4 fully saturated rings. The SMILES string of the molecule is C[C@H](SC12CC3CC(CC(C3)C1)C2)C(=O)NCc1ccc(F)cc1. The van der Waals surface area contributed by atoms with Gasteiger partial charge in [0.05, 0.1) is 5.25 Å². The van der Waals surface area contributed by atoms with Crippen LogP contribution in [0.5, 0.6) is 0 Å². The zero-order valence-electron chi connectivity index (χ0n) is 14.3. The van der Waals surface area contributed by atoms with E-state index in [-0.39, 0.29) is 17.0 Å². The van der Waals surface area contributed by atoms with Crippen LogP contribution in [0, 0.1) is 23.6 Å². The van der Waals surface area contributed by atoms with E-state index in [0.29, 0.717) is 11.3 Å². The highest BCUT2D eigenvalue weighted by Crippen LogP contribution is 2.61. The summed E-state index contributed by atoms with van der Waals surface area (Å²) < 4.78 is 13.3. The predicted molar refractivity (Wildman–Crippen MR) is 96.2 cm³/mol. The summed E-state index contributed by atoms with van der Waals surface area (Å²) in [7, 11) is 0. The highest BCUT2D eigenvalue weighted by molar-refractivity contribution is 8.01. The first-order valence-electron chi connectivity index (χ1n) is 9.21. The van der Waals surface area contributed by atoms with Crippen LogP contribution in [0.4, 0.5) is 4.39 Å². The van der Waals surface area contributed by atoms with E-state index < -0.39 is 0 Å². The number of benzene rings is 1. The Kier molecular flexibility index (Phi) is 4.36. The molecule has 4 bridgehead atoms. The van der Waals surface area contributed by atoms with Crippen molar-refractivity contribution in [3.05, 3.63) is 35.6 Å². The van der Waals surface area contributed by atoms with Crippen LogP contribution in [0.3, 0.4) is 0 Å². The Bertz CT molecular complexity index is 579. The average molecular weight is 347 g/mol. The highest BCUT2D eigenvalue weighted by Gasteiger charge is 2.52. The summed E-state index contributed by atoms with van der Waals surface area (Å²) in [4.78, 5) is 12.5. The Hall–Kier alpha value is -1.03. The van der Waals surface area contributed by atoms with E-state index in [4.69, 9.17) is 0 Å². The van der Waals surface area contributed by atoms with Crippen LogP contribution in [-0.4, -0.2) is 15.9 Å². The van der Waals surface area contributed by atoms with Crippen molar-refractivity contribution in [2.24, 2.45) is 17.8 Å². The number of carbonyl (C=O) groups is 1. The van der Waals surface area contributed by atoms with E-state index in [2.05, 4.69) is 5.32 Å². The van der Waals surface area contributed by atoms with Gasteiger partial charge in [-0.15, -0.1) is 11.8 Å². The van der Waals surface area contributed by atoms with Gasteiger partial charge >= 0.3 is 0 Å². The molecule has 1 N–H and O–H groups in total. The van der Waals surface area contributed by atoms with Crippen molar-refractivity contribution >= 4 is 17.7 Å². The summed E-state index contributed by atoms with van der Waals surface area (Å²) in [5.41, 5.74) is 0.941. The molecular weight excluding hydrogens is 321 g/mol. The molecule has 4 saturated carbocycles. The van der Waals surface area contributed by atoms with Crippen molar-refractivity contribution in [3.8, 4) is 0 Å². The van der Waals surface area contributed by atoms with Gasteiger partial charge in [0.25, 0.3) is 0 Å². The van der Waals surface area contributed by atoms with Crippen LogP contribution in [0.25, 0.3) is 0 Å². The van der Waals surface area contributed by atoms with Gasteiger partial charge < -0.3 is 5.32 Å². The molecule has 1 aromatic rings. The Morgan fingerprint density at radius 2 is 1.71 bits per heavy atom. The fraction of sp³-hybridized carbons (Fsp3) is 0.650. The third-order valence-corrected chi connectivity index (χ3v) is 7.73. The monoisotopic (exact) mass is 347 g/mol. The fourth-order valence-corrected chi connectivity index (χ4v) is 7.48. The number of nitrogens with one attached hydrogen (secondary N) is 1. The number of thioether (sulfide) groups is 1. The molecule has 2 nitrogen and oxygen atoms in total. The van der Waals surface area contributed by atoms with Gasteiger partial charge in [-0.1, -0.05) is 12.1 Å². The zero-order chi connectivity index (χ0) is 16.7. The van der Waals surface area contributed by atoms with Crippen molar-refractivity contribution in [3.63, 3.8) is 0 Å². The van der Waals surface area contributed by atoms with E-state index in [1.165, 1.54) is 50.7 Å². The average Bonchev–Trinajstić information content (AvgIpc) is 2.52. The Morgan fingerprint density at radius 3 is 2.25 bits per heavy atom. The number of hydrogen-bond acceptors (Lipinski definition) is 2. The van der Waals surface area contributed by atoms with E-state index >= 15 is 0 Å². The lowest BCUT2D eigenvalue weighted by Gasteiger charge is -2.57. The lowest BCUT2D eigenvalue weighted by Crippen LogP contribution is -2.50. The van der Waals surface area contributed by atoms with E-state index in [0.717, 1.165) is 23.3 Å². The number of halogens is 1. The largest absolute Gasteiger partial charge is 0.351 e. The third kappa shape index (κ3) is 3.35. The number of rotatable bonds is 5. The second-order valence-corrected chi connectivity index (χ2v) is 10.0. The van der Waals surface area contributed by atoms with Gasteiger partial charge in [-0.2, -0.15) is 0 Å². The fourth-order valence-electron chi connectivity index (χ4n) is 5.54. The lowest BCUT2D eigenvalue weighted by molar-refractivity contribution is -0.120. The molecule has 0 aromatic heterocycles. The molecule has 4 heteroatoms. The molecule has 0 aliphatic heterocycles. The van der Waals surface area contributed by atoms with Gasteiger partial charge in [-0.25, -0.2) is 4.39 Å². The Balaban J connectivity index is 1.33. The van der Waals surface area contributed by atoms with Crippen LogP contribution in [-0.2, 0) is 11.3 Å². The predicted octanol–water partition coefficient (Wildman–Crippen LogP) is 4.53. The topological polar surface area (TPSA) is 29.1 Å². The summed E-state index contributed by atoms with van der Waals surface area (Å²) >= 11 is 1.93. The van der Waals surface area contributed by atoms with Crippen LogP contribution in [0.2, 0.25) is 0 Å². The first kappa shape index (κ1) is 16.4. The van der Waals surface area contributed by atoms with Crippen molar-refractivity contribution < 1.29 is 9.18 Å². The summed E-state index contributed by atoms with van der Waals surface area (Å²) in [6, 6.07) is 6.34. The van der Waals surface area contributed by atoms with E-state index in [1.807, 2.05) is 18.7 Å². The second kappa shape index (κ2) is 6.36. The summed E-state index contributed by atoms with van der Waals surface area (Å²) in [5.74, 6) is 2.62. The van der Waals surface area contributed by atoms with Crippen molar-refractivity contribution in [2.75, 3.05) is 0 Å². The molecule has 24 heavy (non-hydrogen) atoms. The van der Waals surface area contributed by atoms with Crippen molar-refractivity contribution in [2.45, 2.75) is 62.0 Å². The lowest BCUT2D eigenvalue weighted by atomic mass is 9.56. The van der Waals surface area contributed by atoms with E-state index in [9.17, 15) is 9.18 Å². The van der Waals surface area contributed by atoms with E-state index in [1.54, 1.807) is 12.1 Å². The van der Waals surface area contributed by atoms with Gasteiger partial charge in [0.2, 0.25) is 5.91 Å². The molecule has 4 aliphatic carbocycles. The molecule has 4 aliphatic rings. The van der Waals surface area contributed by atoms with Crippen molar-refractivity contribution in [1.29, 1.82) is 0 Å². The molecular formula is C20H26FNOS. The van der Waals surface area contributed by atoms with Crippen LogP contribution >= 0.6 is 11.8 Å². The molecule has 130 valence electrons. The van der Waals surface area contributed by atoms with Crippen molar-refractivity contribution in [1.82, 2.24) is 5.32 Å². The minimum atomic E-state index is -0.240.